The molecular formula is C20H21N9O3. The second-order valence-corrected chi connectivity index (χ2v) is 7.48. The number of amides is 2. The number of benzene rings is 2. The maximum atomic E-state index is 13.0. The van der Waals surface area contributed by atoms with Crippen LogP contribution in [0, 0.1) is 0 Å². The summed E-state index contributed by atoms with van der Waals surface area (Å²) in [4.78, 5) is 27.3. The van der Waals surface area contributed by atoms with Crippen LogP contribution >= 0.6 is 0 Å². The largest absolute Gasteiger partial charge is 0.489 e. The van der Waals surface area contributed by atoms with Gasteiger partial charge in [-0.05, 0) is 11.6 Å². The molecule has 1 atom stereocenters. The first-order chi connectivity index (χ1) is 15.5. The molecule has 3 aromatic rings. The van der Waals surface area contributed by atoms with Gasteiger partial charge in [0.25, 0.3) is 11.8 Å². The summed E-state index contributed by atoms with van der Waals surface area (Å²) in [5.74, 6) is -0.231. The van der Waals surface area contributed by atoms with Crippen molar-refractivity contribution in [2.75, 3.05) is 25.6 Å². The molecule has 12 nitrogen and oxygen atoms in total. The number of hydrazone groups is 1. The van der Waals surface area contributed by atoms with Crippen LogP contribution in [0.15, 0.2) is 47.6 Å². The highest BCUT2D eigenvalue weighted by Gasteiger charge is 2.33. The molecule has 3 N–H and O–H groups in total. The highest BCUT2D eigenvalue weighted by Crippen LogP contribution is 2.33. The Hall–Kier alpha value is -4.19. The number of nitrogens with zero attached hydrogens (tertiary/aromatic N) is 6. The average molecular weight is 435 g/mol. The molecule has 0 spiro atoms. The maximum absolute atomic E-state index is 13.0. The van der Waals surface area contributed by atoms with E-state index in [1.807, 2.05) is 30.3 Å². The number of hydrogen-bond donors (Lipinski definition) is 3. The van der Waals surface area contributed by atoms with E-state index in [0.29, 0.717) is 29.0 Å². The van der Waals surface area contributed by atoms with Crippen molar-refractivity contribution in [3.63, 3.8) is 0 Å². The minimum atomic E-state index is -0.887. The first-order valence-electron chi connectivity index (χ1n) is 9.96. The molecule has 3 heterocycles. The number of ether oxygens (including phenoxy) is 1. The quantitative estimate of drug-likeness (QED) is 0.521. The number of aromatic nitrogens is 3. The summed E-state index contributed by atoms with van der Waals surface area (Å²) >= 11 is 0. The highest BCUT2D eigenvalue weighted by molar-refractivity contribution is 6.38. The van der Waals surface area contributed by atoms with Gasteiger partial charge < -0.3 is 15.0 Å². The van der Waals surface area contributed by atoms with Crippen molar-refractivity contribution >= 4 is 34.4 Å². The van der Waals surface area contributed by atoms with Crippen molar-refractivity contribution in [3.8, 4) is 5.75 Å². The monoisotopic (exact) mass is 435 g/mol. The van der Waals surface area contributed by atoms with Crippen LogP contribution in [0.25, 0.3) is 11.0 Å². The van der Waals surface area contributed by atoms with Crippen molar-refractivity contribution < 1.29 is 14.3 Å². The normalized spacial score (nSPS) is 18.6. The molecule has 0 fully saturated rings. The van der Waals surface area contributed by atoms with Crippen molar-refractivity contribution in [3.05, 3.63) is 48.0 Å². The van der Waals surface area contributed by atoms with Gasteiger partial charge in [0.15, 0.2) is 0 Å². The number of aromatic amines is 1. The fraction of sp³-hybridized carbons (Fsp3) is 0.250. The van der Waals surface area contributed by atoms with Crippen LogP contribution in [0.3, 0.4) is 0 Å². The van der Waals surface area contributed by atoms with Crippen LogP contribution in [0.1, 0.15) is 5.56 Å². The van der Waals surface area contributed by atoms with Crippen LogP contribution < -0.4 is 20.4 Å². The zero-order valence-corrected chi connectivity index (χ0v) is 17.4. The number of H-pyrrole nitrogens is 1. The van der Waals surface area contributed by atoms with Gasteiger partial charge in [-0.15, -0.1) is 15.3 Å². The summed E-state index contributed by atoms with van der Waals surface area (Å²) in [5, 5.41) is 20.8. The Morgan fingerprint density at radius 3 is 2.88 bits per heavy atom. The number of amidine groups is 1. The summed E-state index contributed by atoms with van der Waals surface area (Å²) in [6.45, 7) is 0.465. The van der Waals surface area contributed by atoms with E-state index in [9.17, 15) is 9.59 Å². The molecule has 2 amide bonds. The Bertz CT molecular complexity index is 1210. The Kier molecular flexibility index (Phi) is 4.82. The number of carbonyl (C=O) groups excluding carboxylic acids is 2. The minimum Gasteiger partial charge on any atom is -0.489 e. The predicted octanol–water partition coefficient (Wildman–Crippen LogP) is -0.0214. The lowest BCUT2D eigenvalue weighted by molar-refractivity contribution is -0.125. The van der Waals surface area contributed by atoms with Gasteiger partial charge in [0.1, 0.15) is 23.9 Å². The molecular weight excluding hydrogens is 414 g/mol. The fourth-order valence-corrected chi connectivity index (χ4v) is 3.57. The maximum Gasteiger partial charge on any atom is 0.290 e. The van der Waals surface area contributed by atoms with Gasteiger partial charge in [-0.2, -0.15) is 0 Å². The van der Waals surface area contributed by atoms with Crippen LogP contribution in [0.2, 0.25) is 0 Å². The van der Waals surface area contributed by atoms with E-state index >= 15 is 0 Å². The van der Waals surface area contributed by atoms with Crippen LogP contribution in [-0.4, -0.2) is 70.0 Å². The van der Waals surface area contributed by atoms with Gasteiger partial charge in [-0.1, -0.05) is 35.5 Å². The Morgan fingerprint density at radius 2 is 2.06 bits per heavy atom. The van der Waals surface area contributed by atoms with E-state index in [1.165, 1.54) is 4.90 Å². The van der Waals surface area contributed by atoms with E-state index in [0.717, 1.165) is 5.56 Å². The van der Waals surface area contributed by atoms with Crippen molar-refractivity contribution in [1.29, 1.82) is 0 Å². The standard InChI is InChI=1S/C20H21N9O3/c1-27-16-8-13-14(23-26-22-13)9-17(16)32-11-15(20(27)31)21-19(30)18-24-28(2)29(25-18)10-12-6-4-3-5-7-12/h3-9,15H,10-11H2,1-2H3,(H,21,30)(H,24,25)(H,22,23,26)/t15-/m0/s1. The molecule has 2 aliphatic rings. The lowest BCUT2D eigenvalue weighted by atomic mass is 10.2. The zero-order chi connectivity index (χ0) is 22.2. The topological polar surface area (TPSA) is 131 Å². The summed E-state index contributed by atoms with van der Waals surface area (Å²) in [6.07, 6.45) is 0. The molecule has 32 heavy (non-hydrogen) atoms. The van der Waals surface area contributed by atoms with E-state index in [4.69, 9.17) is 4.74 Å². The summed E-state index contributed by atoms with van der Waals surface area (Å²) in [6, 6.07) is 12.3. The number of carbonyl (C=O) groups is 2. The van der Waals surface area contributed by atoms with Crippen molar-refractivity contribution in [2.24, 2.45) is 5.10 Å². The molecule has 12 heteroatoms. The average Bonchev–Trinajstić information content (AvgIpc) is 3.39. The molecule has 1 aromatic heterocycles. The smallest absolute Gasteiger partial charge is 0.290 e. The molecule has 0 radical (unpaired) electrons. The van der Waals surface area contributed by atoms with Crippen LogP contribution in [0.4, 0.5) is 5.69 Å². The van der Waals surface area contributed by atoms with Gasteiger partial charge >= 0.3 is 0 Å². The SMILES string of the molecule is CN1C(=O)[C@@H](NC(=O)C2=NN(Cc3ccccc3)N(C)N2)COc2cc3[nH]nnc3cc21. The van der Waals surface area contributed by atoms with E-state index in [-0.39, 0.29) is 18.3 Å². The summed E-state index contributed by atoms with van der Waals surface area (Å²) < 4.78 is 5.83. The summed E-state index contributed by atoms with van der Waals surface area (Å²) in [5.41, 5.74) is 5.80. The van der Waals surface area contributed by atoms with Crippen molar-refractivity contribution in [1.82, 2.24) is 36.4 Å². The first kappa shape index (κ1) is 19.8. The van der Waals surface area contributed by atoms with Crippen LogP contribution in [-0.2, 0) is 16.1 Å². The molecule has 164 valence electrons. The molecule has 0 saturated heterocycles. The Morgan fingerprint density at radius 1 is 1.25 bits per heavy atom. The lowest BCUT2D eigenvalue weighted by Crippen LogP contribution is -2.53. The molecule has 0 bridgehead atoms. The Balaban J connectivity index is 1.30. The Labute approximate surface area is 182 Å². The fourth-order valence-electron chi connectivity index (χ4n) is 3.57. The van der Waals surface area contributed by atoms with Gasteiger partial charge in [-0.3, -0.25) is 20.1 Å². The molecule has 2 aliphatic heterocycles. The molecule has 0 aliphatic carbocycles. The highest BCUT2D eigenvalue weighted by atomic mass is 16.5. The minimum absolute atomic E-state index is 0.0220. The third-order valence-corrected chi connectivity index (χ3v) is 5.32. The number of anilines is 1. The van der Waals surface area contributed by atoms with E-state index in [1.54, 1.807) is 36.5 Å². The second kappa shape index (κ2) is 7.81. The second-order valence-electron chi connectivity index (χ2n) is 7.48. The molecule has 5 rings (SSSR count). The third kappa shape index (κ3) is 3.56. The van der Waals surface area contributed by atoms with E-state index in [2.05, 4.69) is 31.3 Å². The number of nitrogens with one attached hydrogen (secondary N) is 3. The number of hydrogen-bond acceptors (Lipinski definition) is 9. The molecule has 2 aromatic carbocycles. The van der Waals surface area contributed by atoms with Gasteiger partial charge in [0, 0.05) is 20.2 Å². The molecule has 0 unspecified atom stereocenters. The number of rotatable bonds is 4. The number of likely N-dealkylation sites (N-methyl/N-ethyl adjacent to an activating group) is 1. The van der Waals surface area contributed by atoms with Gasteiger partial charge in [-0.25, -0.2) is 5.12 Å². The van der Waals surface area contributed by atoms with Crippen LogP contribution in [0.5, 0.6) is 5.75 Å². The van der Waals surface area contributed by atoms with E-state index < -0.39 is 11.9 Å². The first-order valence-corrected chi connectivity index (χ1v) is 9.96. The number of fused-ring (bicyclic) bond motifs is 2. The predicted molar refractivity (Wildman–Crippen MR) is 115 cm³/mol. The number of hydrazine groups is 2. The third-order valence-electron chi connectivity index (χ3n) is 5.32. The zero-order valence-electron chi connectivity index (χ0n) is 17.4. The van der Waals surface area contributed by atoms with Gasteiger partial charge in [0.2, 0.25) is 5.84 Å². The lowest BCUT2D eigenvalue weighted by Gasteiger charge is -2.22. The summed E-state index contributed by atoms with van der Waals surface area (Å²) in [7, 11) is 3.38. The van der Waals surface area contributed by atoms with Crippen molar-refractivity contribution in [2.45, 2.75) is 12.6 Å². The van der Waals surface area contributed by atoms with Gasteiger partial charge in [0.05, 0.1) is 17.7 Å². The molecule has 0 saturated carbocycles.